The minimum atomic E-state index is -2.85. The minimum absolute atomic E-state index is 0.199. The maximum Gasteiger partial charge on any atom is 0.310 e. The highest BCUT2D eigenvalue weighted by atomic mass is 127. The van der Waals surface area contributed by atoms with E-state index >= 15 is 0 Å². The summed E-state index contributed by atoms with van der Waals surface area (Å²) >= 11 is 1.76. The summed E-state index contributed by atoms with van der Waals surface area (Å²) in [6.45, 7) is 1.84. The number of carbonyl (C=O) groups is 1. The summed E-state index contributed by atoms with van der Waals surface area (Å²) in [5.41, 5.74) is -0.632. The van der Waals surface area contributed by atoms with Gasteiger partial charge in [-0.25, -0.2) is 13.8 Å². The van der Waals surface area contributed by atoms with Crippen LogP contribution in [0.15, 0.2) is 6.07 Å². The van der Waals surface area contributed by atoms with Crippen molar-refractivity contribution in [1.29, 1.82) is 5.26 Å². The number of esters is 1. The van der Waals surface area contributed by atoms with Gasteiger partial charge in [0.1, 0.15) is 15.5 Å². The van der Waals surface area contributed by atoms with Gasteiger partial charge in [-0.05, 0) is 41.1 Å². The van der Waals surface area contributed by atoms with Crippen molar-refractivity contribution in [1.82, 2.24) is 4.98 Å². The van der Waals surface area contributed by atoms with Crippen molar-refractivity contribution in [2.24, 2.45) is 0 Å². The first kappa shape index (κ1) is 14.8. The van der Waals surface area contributed by atoms with E-state index in [0.717, 1.165) is 0 Å². The molecular weight excluding hydrogens is 357 g/mol. The van der Waals surface area contributed by atoms with Crippen LogP contribution in [0.1, 0.15) is 30.2 Å². The molecule has 0 unspecified atom stereocenters. The van der Waals surface area contributed by atoms with Crippen molar-refractivity contribution in [3.63, 3.8) is 0 Å². The number of nitrogens with zero attached hydrogens (tertiary/aromatic N) is 2. The molecule has 0 aliphatic carbocycles. The molecule has 0 N–H and O–H groups in total. The van der Waals surface area contributed by atoms with Crippen LogP contribution in [0.4, 0.5) is 8.78 Å². The number of alkyl halides is 2. The van der Waals surface area contributed by atoms with E-state index in [4.69, 9.17) is 10.00 Å². The Morgan fingerprint density at radius 2 is 2.33 bits per heavy atom. The minimum Gasteiger partial charge on any atom is -0.466 e. The maximum atomic E-state index is 12.7. The van der Waals surface area contributed by atoms with Gasteiger partial charge in [0.05, 0.1) is 18.6 Å². The summed E-state index contributed by atoms with van der Waals surface area (Å²) in [5.74, 6) is -0.559. The van der Waals surface area contributed by atoms with E-state index in [9.17, 15) is 13.6 Å². The molecule has 0 amide bonds. The molecule has 1 aromatic rings. The summed E-state index contributed by atoms with van der Waals surface area (Å²) in [4.78, 5) is 15.0. The summed E-state index contributed by atoms with van der Waals surface area (Å²) < 4.78 is 30.5. The zero-order valence-corrected chi connectivity index (χ0v) is 11.6. The SMILES string of the molecule is CCOC(=O)Cc1cc(I)nc(C(F)F)c1C#N. The Bertz CT molecular complexity index is 501. The fourth-order valence-electron chi connectivity index (χ4n) is 1.38. The predicted octanol–water partition coefficient (Wildman–Crippen LogP) is 2.60. The Labute approximate surface area is 116 Å². The molecule has 96 valence electrons. The molecule has 0 aliphatic rings. The Morgan fingerprint density at radius 3 is 2.83 bits per heavy atom. The molecule has 0 aromatic carbocycles. The first-order valence-corrected chi connectivity index (χ1v) is 6.10. The monoisotopic (exact) mass is 366 g/mol. The molecule has 1 aromatic heterocycles. The Hall–Kier alpha value is -1.30. The lowest BCUT2D eigenvalue weighted by molar-refractivity contribution is -0.142. The largest absolute Gasteiger partial charge is 0.466 e. The number of nitriles is 1. The number of carbonyl (C=O) groups excluding carboxylic acids is 1. The number of ether oxygens (including phenoxy) is 1. The summed E-state index contributed by atoms with van der Waals surface area (Å²) in [5, 5.41) is 8.90. The Morgan fingerprint density at radius 1 is 1.67 bits per heavy atom. The molecule has 0 aliphatic heterocycles. The Balaban J connectivity index is 3.18. The van der Waals surface area contributed by atoms with Crippen LogP contribution in [0.3, 0.4) is 0 Å². The van der Waals surface area contributed by atoms with Crippen LogP contribution in [0.25, 0.3) is 0 Å². The average Bonchev–Trinajstić information content (AvgIpc) is 2.28. The van der Waals surface area contributed by atoms with Crippen LogP contribution in [-0.2, 0) is 16.0 Å². The van der Waals surface area contributed by atoms with Gasteiger partial charge < -0.3 is 4.74 Å². The van der Waals surface area contributed by atoms with Gasteiger partial charge in [0.25, 0.3) is 6.43 Å². The molecule has 7 heteroatoms. The van der Waals surface area contributed by atoms with Gasteiger partial charge >= 0.3 is 5.97 Å². The molecule has 0 saturated heterocycles. The van der Waals surface area contributed by atoms with Crippen molar-refractivity contribution in [3.05, 3.63) is 26.6 Å². The van der Waals surface area contributed by atoms with E-state index in [1.807, 2.05) is 0 Å². The van der Waals surface area contributed by atoms with E-state index in [0.29, 0.717) is 3.70 Å². The highest BCUT2D eigenvalue weighted by Gasteiger charge is 2.21. The third-order valence-corrected chi connectivity index (χ3v) is 2.61. The van der Waals surface area contributed by atoms with Gasteiger partial charge in [-0.2, -0.15) is 5.26 Å². The van der Waals surface area contributed by atoms with Crippen molar-refractivity contribution < 1.29 is 18.3 Å². The first-order valence-electron chi connectivity index (χ1n) is 5.02. The van der Waals surface area contributed by atoms with Gasteiger partial charge in [0.15, 0.2) is 0 Å². The lowest BCUT2D eigenvalue weighted by atomic mass is 10.0. The van der Waals surface area contributed by atoms with E-state index in [-0.39, 0.29) is 24.2 Å². The number of hydrogen-bond donors (Lipinski definition) is 0. The number of pyridine rings is 1. The van der Waals surface area contributed by atoms with Gasteiger partial charge in [-0.15, -0.1) is 0 Å². The summed E-state index contributed by atoms with van der Waals surface area (Å²) in [6, 6.07) is 3.10. The van der Waals surface area contributed by atoms with E-state index in [1.165, 1.54) is 6.07 Å². The maximum absolute atomic E-state index is 12.7. The van der Waals surface area contributed by atoms with E-state index in [2.05, 4.69) is 4.98 Å². The van der Waals surface area contributed by atoms with Crippen molar-refractivity contribution >= 4 is 28.6 Å². The normalized spacial score (nSPS) is 10.2. The smallest absolute Gasteiger partial charge is 0.310 e. The molecule has 1 rings (SSSR count). The van der Waals surface area contributed by atoms with Crippen molar-refractivity contribution in [2.45, 2.75) is 19.8 Å². The molecule has 0 saturated carbocycles. The highest BCUT2D eigenvalue weighted by Crippen LogP contribution is 2.25. The number of rotatable bonds is 4. The quantitative estimate of drug-likeness (QED) is 0.467. The number of halogens is 3. The van der Waals surface area contributed by atoms with Crippen LogP contribution in [-0.4, -0.2) is 17.6 Å². The van der Waals surface area contributed by atoms with Crippen LogP contribution in [0, 0.1) is 15.0 Å². The lowest BCUT2D eigenvalue weighted by Crippen LogP contribution is -2.11. The van der Waals surface area contributed by atoms with Gasteiger partial charge in [0, 0.05) is 0 Å². The van der Waals surface area contributed by atoms with Crippen LogP contribution >= 0.6 is 22.6 Å². The summed E-state index contributed by atoms with van der Waals surface area (Å²) in [6.07, 6.45) is -3.06. The fourth-order valence-corrected chi connectivity index (χ4v) is 2.01. The third-order valence-electron chi connectivity index (χ3n) is 2.06. The molecule has 1 heterocycles. The third kappa shape index (κ3) is 3.60. The number of hydrogen-bond acceptors (Lipinski definition) is 4. The molecule has 0 atom stereocenters. The zero-order valence-electron chi connectivity index (χ0n) is 9.41. The zero-order chi connectivity index (χ0) is 13.7. The van der Waals surface area contributed by atoms with Gasteiger partial charge in [0.2, 0.25) is 0 Å². The van der Waals surface area contributed by atoms with E-state index in [1.54, 1.807) is 35.6 Å². The number of aromatic nitrogens is 1. The Kier molecular flexibility index (Phi) is 5.40. The van der Waals surface area contributed by atoms with Gasteiger partial charge in [-0.1, -0.05) is 0 Å². The van der Waals surface area contributed by atoms with Crippen LogP contribution in [0.5, 0.6) is 0 Å². The van der Waals surface area contributed by atoms with Crippen molar-refractivity contribution in [3.8, 4) is 6.07 Å². The fraction of sp³-hybridized carbons (Fsp3) is 0.364. The van der Waals surface area contributed by atoms with E-state index < -0.39 is 18.1 Å². The first-order chi connectivity index (χ1) is 8.49. The predicted molar refractivity (Wildman–Crippen MR) is 67.0 cm³/mol. The second kappa shape index (κ2) is 6.58. The molecule has 0 bridgehead atoms. The highest BCUT2D eigenvalue weighted by molar-refractivity contribution is 14.1. The van der Waals surface area contributed by atoms with Crippen LogP contribution < -0.4 is 0 Å². The second-order valence-electron chi connectivity index (χ2n) is 3.26. The molecule has 0 radical (unpaired) electrons. The topological polar surface area (TPSA) is 63.0 Å². The second-order valence-corrected chi connectivity index (χ2v) is 4.36. The molecule has 0 fully saturated rings. The summed E-state index contributed by atoms with van der Waals surface area (Å²) in [7, 11) is 0. The molecule has 18 heavy (non-hydrogen) atoms. The standard InChI is InChI=1S/C11H9F2IN2O2/c1-2-18-9(17)4-6-3-8(14)16-10(11(12)13)7(6)5-15/h3,11H,2,4H2,1H3. The lowest BCUT2D eigenvalue weighted by Gasteiger charge is -2.08. The molecule has 0 spiro atoms. The molecule has 4 nitrogen and oxygen atoms in total. The van der Waals surface area contributed by atoms with Crippen LogP contribution in [0.2, 0.25) is 0 Å². The molecular formula is C11H9F2IN2O2. The van der Waals surface area contributed by atoms with Gasteiger partial charge in [-0.3, -0.25) is 4.79 Å². The van der Waals surface area contributed by atoms with Crippen molar-refractivity contribution in [2.75, 3.05) is 6.61 Å². The average molecular weight is 366 g/mol.